The first-order valence-electron chi connectivity index (χ1n) is 13.4. The van der Waals surface area contributed by atoms with Crippen LogP contribution in [-0.2, 0) is 9.59 Å². The molecule has 2 aliphatic rings. The van der Waals surface area contributed by atoms with E-state index in [9.17, 15) is 19.2 Å². The third-order valence-corrected chi connectivity index (χ3v) is 7.06. The zero-order valence-corrected chi connectivity index (χ0v) is 21.2. The lowest BCUT2D eigenvalue weighted by atomic mass is 9.95. The number of hydrogen-bond acceptors (Lipinski definition) is 4. The summed E-state index contributed by atoms with van der Waals surface area (Å²) in [5.74, 6) is -1.14. The number of carbonyl (C=O) groups excluding carboxylic acids is 4. The molecule has 2 saturated carbocycles. The molecule has 8 nitrogen and oxygen atoms in total. The van der Waals surface area contributed by atoms with Gasteiger partial charge in [-0.25, -0.2) is 0 Å². The van der Waals surface area contributed by atoms with Crippen LogP contribution in [0.5, 0.6) is 0 Å². The SMILES string of the molecule is O=C(CC(=O)Nc1ccc(C(=O)NC2CCCCC2)cc1)Nc1ccc(C(=O)NC2CCCCC2)cc1. The van der Waals surface area contributed by atoms with Crippen LogP contribution in [-0.4, -0.2) is 35.7 Å². The van der Waals surface area contributed by atoms with Gasteiger partial charge in [0.2, 0.25) is 11.8 Å². The molecule has 0 unspecified atom stereocenters. The van der Waals surface area contributed by atoms with Crippen LogP contribution in [0.4, 0.5) is 11.4 Å². The Kier molecular flexibility index (Phi) is 9.29. The lowest BCUT2D eigenvalue weighted by molar-refractivity contribution is -0.123. The molecule has 37 heavy (non-hydrogen) atoms. The summed E-state index contributed by atoms with van der Waals surface area (Å²) in [5, 5.41) is 11.5. The summed E-state index contributed by atoms with van der Waals surface area (Å²) in [7, 11) is 0. The summed E-state index contributed by atoms with van der Waals surface area (Å²) in [6.07, 6.45) is 10.7. The quantitative estimate of drug-likeness (QED) is 0.387. The molecule has 4 amide bonds. The molecule has 0 aliphatic heterocycles. The van der Waals surface area contributed by atoms with E-state index < -0.39 is 11.8 Å². The van der Waals surface area contributed by atoms with Gasteiger partial charge in [-0.1, -0.05) is 38.5 Å². The molecule has 0 saturated heterocycles. The number of amides is 4. The minimum atomic E-state index is -0.458. The van der Waals surface area contributed by atoms with Crippen molar-refractivity contribution in [2.45, 2.75) is 82.7 Å². The first-order valence-corrected chi connectivity index (χ1v) is 13.4. The largest absolute Gasteiger partial charge is 0.349 e. The third-order valence-electron chi connectivity index (χ3n) is 7.06. The van der Waals surface area contributed by atoms with Gasteiger partial charge < -0.3 is 21.3 Å². The molecule has 2 fully saturated rings. The highest BCUT2D eigenvalue weighted by Crippen LogP contribution is 2.19. The molecule has 2 aliphatic carbocycles. The van der Waals surface area contributed by atoms with E-state index in [0.717, 1.165) is 51.4 Å². The van der Waals surface area contributed by atoms with E-state index in [2.05, 4.69) is 21.3 Å². The number of hydrogen-bond donors (Lipinski definition) is 4. The van der Waals surface area contributed by atoms with Gasteiger partial charge in [0.05, 0.1) is 0 Å². The Hall–Kier alpha value is -3.68. The van der Waals surface area contributed by atoms with E-state index in [4.69, 9.17) is 0 Å². The molecule has 0 atom stereocenters. The molecule has 4 rings (SSSR count). The molecule has 0 bridgehead atoms. The van der Waals surface area contributed by atoms with Crippen molar-refractivity contribution in [3.63, 3.8) is 0 Å². The van der Waals surface area contributed by atoms with Crippen molar-refractivity contribution in [3.05, 3.63) is 59.7 Å². The second-order valence-corrected chi connectivity index (χ2v) is 10.0. The minimum absolute atomic E-state index is 0.110. The number of rotatable bonds is 8. The molecule has 0 heterocycles. The van der Waals surface area contributed by atoms with Crippen LogP contribution in [0.1, 0.15) is 91.3 Å². The van der Waals surface area contributed by atoms with Gasteiger partial charge in [-0.15, -0.1) is 0 Å². The molecule has 8 heteroatoms. The van der Waals surface area contributed by atoms with Crippen molar-refractivity contribution in [2.75, 3.05) is 10.6 Å². The molecule has 196 valence electrons. The molecule has 2 aromatic rings. The smallest absolute Gasteiger partial charge is 0.251 e. The number of benzene rings is 2. The maximum Gasteiger partial charge on any atom is 0.251 e. The molecule has 4 N–H and O–H groups in total. The Morgan fingerprint density at radius 1 is 0.541 bits per heavy atom. The fourth-order valence-corrected chi connectivity index (χ4v) is 5.00. The topological polar surface area (TPSA) is 116 Å². The van der Waals surface area contributed by atoms with Gasteiger partial charge in [0.1, 0.15) is 6.42 Å². The van der Waals surface area contributed by atoms with E-state index in [1.54, 1.807) is 48.5 Å². The van der Waals surface area contributed by atoms with Gasteiger partial charge >= 0.3 is 0 Å². The Bertz CT molecular complexity index is 998. The number of nitrogens with one attached hydrogen (secondary N) is 4. The molecule has 2 aromatic carbocycles. The van der Waals surface area contributed by atoms with E-state index in [1.165, 1.54) is 12.8 Å². The van der Waals surface area contributed by atoms with Crippen molar-refractivity contribution in [2.24, 2.45) is 0 Å². The third kappa shape index (κ3) is 8.17. The Morgan fingerprint density at radius 3 is 1.24 bits per heavy atom. The van der Waals surface area contributed by atoms with Crippen LogP contribution in [0.25, 0.3) is 0 Å². The predicted molar refractivity (Wildman–Crippen MR) is 143 cm³/mol. The zero-order valence-electron chi connectivity index (χ0n) is 21.2. The lowest BCUT2D eigenvalue weighted by Gasteiger charge is -2.22. The van der Waals surface area contributed by atoms with Crippen molar-refractivity contribution in [1.82, 2.24) is 10.6 Å². The van der Waals surface area contributed by atoms with Gasteiger partial charge in [-0.3, -0.25) is 19.2 Å². The fourth-order valence-electron chi connectivity index (χ4n) is 5.00. The first kappa shape index (κ1) is 26.4. The highest BCUT2D eigenvalue weighted by molar-refractivity contribution is 6.08. The lowest BCUT2D eigenvalue weighted by Crippen LogP contribution is -2.36. The first-order chi connectivity index (χ1) is 18.0. The normalized spacial score (nSPS) is 16.4. The second-order valence-electron chi connectivity index (χ2n) is 10.0. The molecular formula is C29H36N4O4. The van der Waals surface area contributed by atoms with E-state index in [0.29, 0.717) is 22.5 Å². The van der Waals surface area contributed by atoms with Crippen molar-refractivity contribution in [3.8, 4) is 0 Å². The van der Waals surface area contributed by atoms with E-state index in [1.807, 2.05) is 0 Å². The standard InChI is InChI=1S/C29H36N4O4/c34-26(30-24-15-11-20(12-16-24)28(36)32-22-7-3-1-4-8-22)19-27(35)31-25-17-13-21(14-18-25)29(37)33-23-9-5-2-6-10-23/h11-18,22-23H,1-10,19H2,(H,30,34)(H,31,35)(H,32,36)(H,33,37). The van der Waals surface area contributed by atoms with Gasteiger partial charge in [0, 0.05) is 34.6 Å². The fraction of sp³-hybridized carbons (Fsp3) is 0.448. The molecule has 0 radical (unpaired) electrons. The van der Waals surface area contributed by atoms with Crippen LogP contribution in [0.15, 0.2) is 48.5 Å². The minimum Gasteiger partial charge on any atom is -0.349 e. The summed E-state index contributed by atoms with van der Waals surface area (Å²) < 4.78 is 0. The van der Waals surface area contributed by atoms with Crippen molar-refractivity contribution < 1.29 is 19.2 Å². The predicted octanol–water partition coefficient (Wildman–Crippen LogP) is 4.78. The highest BCUT2D eigenvalue weighted by atomic mass is 16.2. The molecule has 0 spiro atoms. The van der Waals surface area contributed by atoms with Gasteiger partial charge in [-0.2, -0.15) is 0 Å². The van der Waals surface area contributed by atoms with Crippen LogP contribution >= 0.6 is 0 Å². The monoisotopic (exact) mass is 504 g/mol. The summed E-state index contributed by atoms with van der Waals surface area (Å²) in [6, 6.07) is 13.7. The van der Waals surface area contributed by atoms with Gasteiger partial charge in [0.15, 0.2) is 0 Å². The Morgan fingerprint density at radius 2 is 0.892 bits per heavy atom. The van der Waals surface area contributed by atoms with E-state index in [-0.39, 0.29) is 30.3 Å². The Labute approximate surface area is 218 Å². The Balaban J connectivity index is 1.20. The molecular weight excluding hydrogens is 468 g/mol. The summed E-state index contributed by atoms with van der Waals surface area (Å²) in [5.41, 5.74) is 2.11. The summed E-state index contributed by atoms with van der Waals surface area (Å²) >= 11 is 0. The van der Waals surface area contributed by atoms with Crippen LogP contribution in [0, 0.1) is 0 Å². The maximum absolute atomic E-state index is 12.4. The highest BCUT2D eigenvalue weighted by Gasteiger charge is 2.18. The van der Waals surface area contributed by atoms with Gasteiger partial charge in [0.25, 0.3) is 11.8 Å². The average molecular weight is 505 g/mol. The van der Waals surface area contributed by atoms with Crippen LogP contribution < -0.4 is 21.3 Å². The second kappa shape index (κ2) is 13.0. The average Bonchev–Trinajstić information content (AvgIpc) is 2.90. The van der Waals surface area contributed by atoms with Crippen molar-refractivity contribution in [1.29, 1.82) is 0 Å². The maximum atomic E-state index is 12.4. The van der Waals surface area contributed by atoms with Crippen LogP contribution in [0.3, 0.4) is 0 Å². The number of carbonyl (C=O) groups is 4. The summed E-state index contributed by atoms with van der Waals surface area (Å²) in [6.45, 7) is 0. The van der Waals surface area contributed by atoms with Crippen molar-refractivity contribution >= 4 is 35.0 Å². The van der Waals surface area contributed by atoms with Crippen LogP contribution in [0.2, 0.25) is 0 Å². The van der Waals surface area contributed by atoms with Gasteiger partial charge in [-0.05, 0) is 74.2 Å². The summed E-state index contributed by atoms with van der Waals surface area (Å²) in [4.78, 5) is 49.5. The molecule has 0 aromatic heterocycles. The van der Waals surface area contributed by atoms with E-state index >= 15 is 0 Å². The zero-order chi connectivity index (χ0) is 26.0. The number of anilines is 2.